The number of benzene rings is 1. The van der Waals surface area contributed by atoms with Crippen LogP contribution in [-0.4, -0.2) is 17.5 Å². The fourth-order valence-electron chi connectivity index (χ4n) is 1.65. The molecule has 0 atom stereocenters. The number of rotatable bonds is 4. The van der Waals surface area contributed by atoms with Crippen LogP contribution in [0.15, 0.2) is 42.7 Å². The Morgan fingerprint density at radius 1 is 1.26 bits per heavy atom. The number of ether oxygens (including phenoxy) is 1. The predicted molar refractivity (Wildman–Crippen MR) is 74.3 cm³/mol. The molecule has 1 amide bonds. The van der Waals surface area contributed by atoms with E-state index >= 15 is 0 Å². The van der Waals surface area contributed by atoms with Crippen molar-refractivity contribution < 1.29 is 9.53 Å². The number of hydrogen-bond acceptors (Lipinski definition) is 3. The lowest BCUT2D eigenvalue weighted by atomic mass is 10.1. The Balaban J connectivity index is 1.93. The summed E-state index contributed by atoms with van der Waals surface area (Å²) in [5.41, 5.74) is 3.03. The summed E-state index contributed by atoms with van der Waals surface area (Å²) < 4.78 is 5.34. The molecule has 0 unspecified atom stereocenters. The van der Waals surface area contributed by atoms with Gasteiger partial charge < -0.3 is 10.1 Å². The highest BCUT2D eigenvalue weighted by Crippen LogP contribution is 2.17. The third kappa shape index (κ3) is 3.55. The van der Waals surface area contributed by atoms with Gasteiger partial charge in [0.1, 0.15) is 5.75 Å². The van der Waals surface area contributed by atoms with E-state index in [0.717, 1.165) is 16.8 Å². The number of anilines is 1. The van der Waals surface area contributed by atoms with Gasteiger partial charge in [-0.2, -0.15) is 0 Å². The van der Waals surface area contributed by atoms with Crippen molar-refractivity contribution in [3.63, 3.8) is 0 Å². The molecule has 0 aliphatic rings. The van der Waals surface area contributed by atoms with Gasteiger partial charge in [-0.3, -0.25) is 9.78 Å². The molecule has 0 radical (unpaired) electrons. The van der Waals surface area contributed by atoms with Crippen molar-refractivity contribution in [1.29, 1.82) is 0 Å². The van der Waals surface area contributed by atoms with E-state index in [9.17, 15) is 4.79 Å². The maximum atomic E-state index is 11.8. The van der Waals surface area contributed by atoms with E-state index in [1.165, 1.54) is 0 Å². The molecule has 0 fully saturated rings. The minimum atomic E-state index is -0.183. The van der Waals surface area contributed by atoms with Crippen LogP contribution in [0.25, 0.3) is 0 Å². The lowest BCUT2D eigenvalue weighted by molar-refractivity contribution is -0.118. The Morgan fingerprint density at radius 3 is 2.84 bits per heavy atom. The Kier molecular flexibility index (Phi) is 4.13. The predicted octanol–water partition coefficient (Wildman–Crippen LogP) is 2.72. The number of pyridine rings is 1. The highest BCUT2D eigenvalue weighted by molar-refractivity contribution is 5.92. The fraction of sp³-hybridized carbons (Fsp3) is 0.200. The zero-order valence-electron chi connectivity index (χ0n) is 11.0. The van der Waals surface area contributed by atoms with Gasteiger partial charge in [0.05, 0.1) is 6.20 Å². The molecule has 0 spiro atoms. The third-order valence-electron chi connectivity index (χ3n) is 2.88. The summed E-state index contributed by atoms with van der Waals surface area (Å²) in [6.45, 7) is 3.96. The minimum absolute atomic E-state index is 0.0287. The van der Waals surface area contributed by atoms with Crippen LogP contribution in [0.4, 0.5) is 5.69 Å². The maximum Gasteiger partial charge on any atom is 0.262 e. The molecule has 1 aromatic carbocycles. The monoisotopic (exact) mass is 256 g/mol. The van der Waals surface area contributed by atoms with E-state index in [1.54, 1.807) is 24.5 Å². The Labute approximate surface area is 112 Å². The van der Waals surface area contributed by atoms with Crippen molar-refractivity contribution in [2.45, 2.75) is 13.8 Å². The van der Waals surface area contributed by atoms with Gasteiger partial charge in [-0.1, -0.05) is 12.1 Å². The SMILES string of the molecule is Cc1cccc(NC(=O)COc2cccnc2)c1C. The molecule has 0 aliphatic carbocycles. The molecule has 2 rings (SSSR count). The first-order chi connectivity index (χ1) is 9.16. The normalized spacial score (nSPS) is 10.0. The van der Waals surface area contributed by atoms with Crippen LogP contribution in [0.5, 0.6) is 5.75 Å². The molecule has 1 heterocycles. The molecular formula is C15H16N2O2. The van der Waals surface area contributed by atoms with E-state index < -0.39 is 0 Å². The van der Waals surface area contributed by atoms with Gasteiger partial charge in [-0.25, -0.2) is 0 Å². The second kappa shape index (κ2) is 6.00. The number of carbonyl (C=O) groups excluding carboxylic acids is 1. The van der Waals surface area contributed by atoms with E-state index in [-0.39, 0.29) is 12.5 Å². The molecule has 0 saturated heterocycles. The molecule has 4 nitrogen and oxygen atoms in total. The Hall–Kier alpha value is -2.36. The summed E-state index contributed by atoms with van der Waals surface area (Å²) >= 11 is 0. The molecule has 4 heteroatoms. The van der Waals surface area contributed by atoms with Crippen LogP contribution >= 0.6 is 0 Å². The van der Waals surface area contributed by atoms with Gasteiger partial charge in [-0.15, -0.1) is 0 Å². The van der Waals surface area contributed by atoms with Gasteiger partial charge in [0.15, 0.2) is 6.61 Å². The van der Waals surface area contributed by atoms with Crippen LogP contribution < -0.4 is 10.1 Å². The van der Waals surface area contributed by atoms with Crippen LogP contribution in [0, 0.1) is 13.8 Å². The van der Waals surface area contributed by atoms with Crippen LogP contribution in [0.1, 0.15) is 11.1 Å². The van der Waals surface area contributed by atoms with E-state index in [2.05, 4.69) is 10.3 Å². The maximum absolute atomic E-state index is 11.8. The van der Waals surface area contributed by atoms with Crippen molar-refractivity contribution >= 4 is 11.6 Å². The molecular weight excluding hydrogens is 240 g/mol. The smallest absolute Gasteiger partial charge is 0.262 e. The number of carbonyl (C=O) groups is 1. The summed E-state index contributed by atoms with van der Waals surface area (Å²) in [6.07, 6.45) is 3.23. The first-order valence-corrected chi connectivity index (χ1v) is 6.05. The topological polar surface area (TPSA) is 51.2 Å². The van der Waals surface area contributed by atoms with Gasteiger partial charge in [0, 0.05) is 11.9 Å². The van der Waals surface area contributed by atoms with E-state index in [4.69, 9.17) is 4.74 Å². The van der Waals surface area contributed by atoms with E-state index in [1.807, 2.05) is 32.0 Å². The zero-order valence-corrected chi connectivity index (χ0v) is 11.0. The molecule has 19 heavy (non-hydrogen) atoms. The van der Waals surface area contributed by atoms with Gasteiger partial charge in [0.2, 0.25) is 0 Å². The molecule has 0 aliphatic heterocycles. The number of aryl methyl sites for hydroxylation is 1. The quantitative estimate of drug-likeness (QED) is 0.915. The first-order valence-electron chi connectivity index (χ1n) is 6.05. The molecule has 0 bridgehead atoms. The summed E-state index contributed by atoms with van der Waals surface area (Å²) in [6, 6.07) is 9.33. The van der Waals surface area contributed by atoms with Crippen LogP contribution in [0.2, 0.25) is 0 Å². The highest BCUT2D eigenvalue weighted by Gasteiger charge is 2.06. The average Bonchev–Trinajstić information content (AvgIpc) is 2.43. The molecule has 98 valence electrons. The Bertz CT molecular complexity index is 568. The second-order valence-electron chi connectivity index (χ2n) is 4.27. The average molecular weight is 256 g/mol. The van der Waals surface area contributed by atoms with Gasteiger partial charge in [-0.05, 0) is 43.2 Å². The number of hydrogen-bond donors (Lipinski definition) is 1. The summed E-state index contributed by atoms with van der Waals surface area (Å²) in [5.74, 6) is 0.399. The number of aromatic nitrogens is 1. The summed E-state index contributed by atoms with van der Waals surface area (Å²) in [7, 11) is 0. The number of amides is 1. The number of nitrogens with one attached hydrogen (secondary N) is 1. The van der Waals surface area contributed by atoms with Crippen molar-refractivity contribution in [3.8, 4) is 5.75 Å². The van der Waals surface area contributed by atoms with Crippen molar-refractivity contribution in [3.05, 3.63) is 53.9 Å². The van der Waals surface area contributed by atoms with Gasteiger partial charge >= 0.3 is 0 Å². The number of nitrogens with zero attached hydrogens (tertiary/aromatic N) is 1. The summed E-state index contributed by atoms with van der Waals surface area (Å²) in [5, 5.41) is 2.84. The zero-order chi connectivity index (χ0) is 13.7. The lowest BCUT2D eigenvalue weighted by Gasteiger charge is -2.10. The Morgan fingerprint density at radius 2 is 2.11 bits per heavy atom. The molecule has 1 N–H and O–H groups in total. The summed E-state index contributed by atoms with van der Waals surface area (Å²) in [4.78, 5) is 15.7. The van der Waals surface area contributed by atoms with Crippen molar-refractivity contribution in [1.82, 2.24) is 4.98 Å². The molecule has 1 aromatic heterocycles. The van der Waals surface area contributed by atoms with Crippen molar-refractivity contribution in [2.24, 2.45) is 0 Å². The molecule has 2 aromatic rings. The van der Waals surface area contributed by atoms with Gasteiger partial charge in [0.25, 0.3) is 5.91 Å². The van der Waals surface area contributed by atoms with E-state index in [0.29, 0.717) is 5.75 Å². The highest BCUT2D eigenvalue weighted by atomic mass is 16.5. The second-order valence-corrected chi connectivity index (χ2v) is 4.27. The minimum Gasteiger partial charge on any atom is -0.482 e. The fourth-order valence-corrected chi connectivity index (χ4v) is 1.65. The first kappa shape index (κ1) is 13.1. The largest absolute Gasteiger partial charge is 0.482 e. The lowest BCUT2D eigenvalue weighted by Crippen LogP contribution is -2.20. The van der Waals surface area contributed by atoms with Crippen LogP contribution in [0.3, 0.4) is 0 Å². The molecule has 0 saturated carbocycles. The van der Waals surface area contributed by atoms with Crippen LogP contribution in [-0.2, 0) is 4.79 Å². The van der Waals surface area contributed by atoms with Crippen molar-refractivity contribution in [2.75, 3.05) is 11.9 Å². The third-order valence-corrected chi connectivity index (χ3v) is 2.88. The standard InChI is InChI=1S/C15H16N2O2/c1-11-5-3-7-14(12(11)2)17-15(18)10-19-13-6-4-8-16-9-13/h3-9H,10H2,1-2H3,(H,17,18).